The molecule has 0 N–H and O–H groups in total. The summed E-state index contributed by atoms with van der Waals surface area (Å²) in [5.74, 6) is 0.862. The van der Waals surface area contributed by atoms with Crippen molar-refractivity contribution in [1.82, 2.24) is 20.0 Å². The number of hydrogen-bond donors (Lipinski definition) is 0. The van der Waals surface area contributed by atoms with Crippen molar-refractivity contribution < 1.29 is 13.7 Å². The Balaban J connectivity index is 1.55. The van der Waals surface area contributed by atoms with Crippen LogP contribution in [0.25, 0.3) is 11.1 Å². The molecule has 1 aliphatic heterocycles. The fourth-order valence-electron chi connectivity index (χ4n) is 3.12. The topological polar surface area (TPSA) is 64.3 Å². The molecule has 7 heteroatoms. The molecule has 26 heavy (non-hydrogen) atoms. The lowest BCUT2D eigenvalue weighted by Gasteiger charge is -2.33. The first-order valence-corrected chi connectivity index (χ1v) is 8.51. The van der Waals surface area contributed by atoms with Crippen LogP contribution >= 0.6 is 0 Å². The lowest BCUT2D eigenvalue weighted by Crippen LogP contribution is -2.39. The average Bonchev–Trinajstić information content (AvgIpc) is 3.11. The summed E-state index contributed by atoms with van der Waals surface area (Å²) >= 11 is 0. The predicted octanol–water partition coefficient (Wildman–Crippen LogP) is 3.15. The van der Waals surface area contributed by atoms with Crippen molar-refractivity contribution in [1.29, 1.82) is 0 Å². The fourth-order valence-corrected chi connectivity index (χ4v) is 3.12. The number of rotatable bonds is 4. The third-order valence-corrected chi connectivity index (χ3v) is 4.51. The van der Waals surface area contributed by atoms with E-state index in [0.717, 1.165) is 11.1 Å². The Bertz CT molecular complexity index is 884. The monoisotopic (exact) mass is 354 g/mol. The van der Waals surface area contributed by atoms with Crippen LogP contribution in [0.15, 0.2) is 47.2 Å². The van der Waals surface area contributed by atoms with Crippen molar-refractivity contribution in [2.24, 2.45) is 0 Å². The molecule has 0 saturated carbocycles. The summed E-state index contributed by atoms with van der Waals surface area (Å²) in [5, 5.41) is 3.85. The molecule has 0 radical (unpaired) electrons. The predicted molar refractivity (Wildman–Crippen MR) is 92.6 cm³/mol. The molecule has 4 rings (SSSR count). The van der Waals surface area contributed by atoms with Crippen molar-refractivity contribution in [3.63, 3.8) is 0 Å². The van der Waals surface area contributed by atoms with Gasteiger partial charge in [-0.25, -0.2) is 4.39 Å². The Morgan fingerprint density at radius 1 is 1.19 bits per heavy atom. The molecule has 1 atom stereocenters. The number of morpholine rings is 1. The van der Waals surface area contributed by atoms with Crippen LogP contribution in [0.3, 0.4) is 0 Å². The summed E-state index contributed by atoms with van der Waals surface area (Å²) in [4.78, 5) is 10.4. The molecule has 3 heterocycles. The number of nitrogens with zero attached hydrogens (tertiary/aromatic N) is 4. The minimum absolute atomic E-state index is 0.163. The zero-order chi connectivity index (χ0) is 17.9. The molecule has 134 valence electrons. The van der Waals surface area contributed by atoms with Crippen molar-refractivity contribution in [3.05, 3.63) is 65.8 Å². The highest BCUT2D eigenvalue weighted by molar-refractivity contribution is 5.63. The van der Waals surface area contributed by atoms with E-state index >= 15 is 0 Å². The number of hydrogen-bond acceptors (Lipinski definition) is 6. The van der Waals surface area contributed by atoms with Crippen LogP contribution in [-0.2, 0) is 11.3 Å². The number of ether oxygens (including phenoxy) is 1. The molecular weight excluding hydrogens is 335 g/mol. The maximum absolute atomic E-state index is 14.7. The minimum atomic E-state index is -0.230. The Labute approximate surface area is 150 Å². The van der Waals surface area contributed by atoms with E-state index in [1.807, 2.05) is 24.3 Å². The second-order valence-corrected chi connectivity index (χ2v) is 6.28. The van der Waals surface area contributed by atoms with Crippen LogP contribution in [0.5, 0.6) is 0 Å². The molecule has 1 fully saturated rings. The molecule has 1 aromatic carbocycles. The van der Waals surface area contributed by atoms with E-state index in [4.69, 9.17) is 9.26 Å². The van der Waals surface area contributed by atoms with Crippen molar-refractivity contribution in [2.45, 2.75) is 19.5 Å². The van der Waals surface area contributed by atoms with E-state index in [0.29, 0.717) is 43.6 Å². The molecule has 0 bridgehead atoms. The third-order valence-electron chi connectivity index (χ3n) is 4.51. The first-order valence-electron chi connectivity index (χ1n) is 8.51. The number of benzene rings is 1. The maximum Gasteiger partial charge on any atom is 0.246 e. The van der Waals surface area contributed by atoms with Gasteiger partial charge in [0, 0.05) is 31.0 Å². The van der Waals surface area contributed by atoms with Gasteiger partial charge in [-0.1, -0.05) is 17.3 Å². The summed E-state index contributed by atoms with van der Waals surface area (Å²) < 4.78 is 25.5. The van der Waals surface area contributed by atoms with Crippen LogP contribution < -0.4 is 0 Å². The highest BCUT2D eigenvalue weighted by Crippen LogP contribution is 2.27. The summed E-state index contributed by atoms with van der Waals surface area (Å²) in [7, 11) is 0. The minimum Gasteiger partial charge on any atom is -0.378 e. The Kier molecular flexibility index (Phi) is 4.73. The largest absolute Gasteiger partial charge is 0.378 e. The average molecular weight is 354 g/mol. The number of pyridine rings is 1. The van der Waals surface area contributed by atoms with Gasteiger partial charge in [-0.2, -0.15) is 4.98 Å². The van der Waals surface area contributed by atoms with E-state index in [9.17, 15) is 4.39 Å². The first-order chi connectivity index (χ1) is 12.7. The molecule has 6 nitrogen and oxygen atoms in total. The van der Waals surface area contributed by atoms with Gasteiger partial charge in [0.25, 0.3) is 0 Å². The molecule has 2 aromatic heterocycles. The van der Waals surface area contributed by atoms with Crippen LogP contribution in [0.2, 0.25) is 0 Å². The Morgan fingerprint density at radius 3 is 2.77 bits per heavy atom. The van der Waals surface area contributed by atoms with Gasteiger partial charge in [0.05, 0.1) is 13.2 Å². The molecule has 0 aliphatic carbocycles. The van der Waals surface area contributed by atoms with Gasteiger partial charge in [-0.3, -0.25) is 9.88 Å². The number of halogens is 1. The highest BCUT2D eigenvalue weighted by atomic mass is 19.1. The molecule has 1 unspecified atom stereocenters. The van der Waals surface area contributed by atoms with Crippen molar-refractivity contribution in [2.75, 3.05) is 19.8 Å². The molecule has 0 spiro atoms. The first kappa shape index (κ1) is 16.8. The highest BCUT2D eigenvalue weighted by Gasteiger charge is 2.29. The molecular formula is C19H19FN4O2. The van der Waals surface area contributed by atoms with Crippen LogP contribution in [0.1, 0.15) is 23.3 Å². The summed E-state index contributed by atoms with van der Waals surface area (Å²) in [6.45, 7) is 3.97. The second kappa shape index (κ2) is 7.31. The van der Waals surface area contributed by atoms with Crippen molar-refractivity contribution in [3.8, 4) is 11.1 Å². The van der Waals surface area contributed by atoms with E-state index < -0.39 is 0 Å². The van der Waals surface area contributed by atoms with E-state index in [-0.39, 0.29) is 11.9 Å². The quantitative estimate of drug-likeness (QED) is 0.717. The van der Waals surface area contributed by atoms with Gasteiger partial charge >= 0.3 is 0 Å². The number of aryl methyl sites for hydroxylation is 1. The summed E-state index contributed by atoms with van der Waals surface area (Å²) in [6, 6.07) is 8.90. The van der Waals surface area contributed by atoms with Crippen LogP contribution in [-0.4, -0.2) is 39.8 Å². The summed E-state index contributed by atoms with van der Waals surface area (Å²) in [5.41, 5.74) is 2.40. The van der Waals surface area contributed by atoms with Gasteiger partial charge in [0.1, 0.15) is 11.9 Å². The van der Waals surface area contributed by atoms with E-state index in [2.05, 4.69) is 20.0 Å². The smallest absolute Gasteiger partial charge is 0.246 e. The van der Waals surface area contributed by atoms with E-state index in [1.54, 1.807) is 25.4 Å². The Morgan fingerprint density at radius 2 is 2.04 bits per heavy atom. The number of aromatic nitrogens is 3. The standard InChI is InChI=1S/C19H19FN4O2/c1-13-22-19(26-23-13)18-12-25-9-8-24(18)11-16-3-2-15(10-17(16)20)14-4-6-21-7-5-14/h2-7,10,18H,8-9,11-12H2,1H3. The molecule has 3 aromatic rings. The maximum atomic E-state index is 14.7. The lowest BCUT2D eigenvalue weighted by atomic mass is 10.0. The van der Waals surface area contributed by atoms with Gasteiger partial charge < -0.3 is 9.26 Å². The normalized spacial score (nSPS) is 18.2. The molecule has 0 amide bonds. The lowest BCUT2D eigenvalue weighted by molar-refractivity contribution is -0.0245. The zero-order valence-electron chi connectivity index (χ0n) is 14.4. The van der Waals surface area contributed by atoms with E-state index in [1.165, 1.54) is 0 Å². The summed E-state index contributed by atoms with van der Waals surface area (Å²) in [6.07, 6.45) is 3.40. The fraction of sp³-hybridized carbons (Fsp3) is 0.316. The van der Waals surface area contributed by atoms with Crippen molar-refractivity contribution >= 4 is 0 Å². The van der Waals surface area contributed by atoms with Gasteiger partial charge in [0.2, 0.25) is 5.89 Å². The molecule has 1 saturated heterocycles. The van der Waals surface area contributed by atoms with Crippen LogP contribution in [0.4, 0.5) is 4.39 Å². The Hall–Kier alpha value is -2.64. The van der Waals surface area contributed by atoms with Gasteiger partial charge in [0.15, 0.2) is 5.82 Å². The van der Waals surface area contributed by atoms with Gasteiger partial charge in [-0.15, -0.1) is 0 Å². The van der Waals surface area contributed by atoms with Crippen LogP contribution in [0, 0.1) is 12.7 Å². The second-order valence-electron chi connectivity index (χ2n) is 6.28. The zero-order valence-corrected chi connectivity index (χ0v) is 14.4. The SMILES string of the molecule is Cc1noc(C2COCCN2Cc2ccc(-c3ccncc3)cc2F)n1. The third kappa shape index (κ3) is 3.49. The molecule has 1 aliphatic rings. The van der Waals surface area contributed by atoms with Gasteiger partial charge in [-0.05, 0) is 36.2 Å².